The molecule has 0 aliphatic carbocycles. The van der Waals surface area contributed by atoms with Crippen LogP contribution in [0.15, 0.2) is 33.9 Å². The first kappa shape index (κ1) is 16.3. The molecule has 0 fully saturated rings. The lowest BCUT2D eigenvalue weighted by Gasteiger charge is -2.20. The topological polar surface area (TPSA) is 87.3 Å². The van der Waals surface area contributed by atoms with Crippen molar-refractivity contribution >= 4 is 39.8 Å². The van der Waals surface area contributed by atoms with Gasteiger partial charge >= 0.3 is 0 Å². The van der Waals surface area contributed by atoms with Crippen LogP contribution in [0.25, 0.3) is 6.08 Å². The van der Waals surface area contributed by atoms with Crippen LogP contribution in [0.5, 0.6) is 11.5 Å². The van der Waals surface area contributed by atoms with Crippen molar-refractivity contribution in [1.82, 2.24) is 5.01 Å². The van der Waals surface area contributed by atoms with Crippen LogP contribution >= 0.6 is 11.8 Å². The zero-order chi connectivity index (χ0) is 17.3. The Hall–Kier alpha value is -2.61. The fourth-order valence-electron chi connectivity index (χ4n) is 2.28. The number of rotatable bonds is 4. The SMILES string of the molecule is CCC1=NN2C(=N)/C(=C\c3cc(OC)ccc3OC)C(=O)N=C2S1. The van der Waals surface area contributed by atoms with E-state index < -0.39 is 5.91 Å². The fraction of sp³-hybridized carbons (Fsp3) is 0.250. The number of fused-ring (bicyclic) bond motifs is 1. The number of ether oxygens (including phenoxy) is 2. The summed E-state index contributed by atoms with van der Waals surface area (Å²) in [5, 5.41) is 15.3. The summed E-state index contributed by atoms with van der Waals surface area (Å²) in [6, 6.07) is 5.25. The number of nitrogens with one attached hydrogen (secondary N) is 1. The van der Waals surface area contributed by atoms with Crippen LogP contribution in [0, 0.1) is 5.41 Å². The minimum atomic E-state index is -0.462. The standard InChI is InChI=1S/C16H16N4O3S/c1-4-13-19-20-14(17)11(15(21)18-16(20)24-13)8-9-7-10(22-2)5-6-12(9)23-3/h5-8,17H,4H2,1-3H3/b11-8+,17-14?. The van der Waals surface area contributed by atoms with Gasteiger partial charge in [-0.15, -0.1) is 0 Å². The number of amidine groups is 2. The lowest BCUT2D eigenvalue weighted by molar-refractivity contribution is -0.114. The Bertz CT molecular complexity index is 814. The van der Waals surface area contributed by atoms with Crippen LogP contribution in [-0.2, 0) is 4.79 Å². The minimum Gasteiger partial charge on any atom is -0.497 e. The summed E-state index contributed by atoms with van der Waals surface area (Å²) in [5.41, 5.74) is 0.794. The Morgan fingerprint density at radius 3 is 2.79 bits per heavy atom. The monoisotopic (exact) mass is 344 g/mol. The van der Waals surface area contributed by atoms with Crippen molar-refractivity contribution in [3.63, 3.8) is 0 Å². The molecular weight excluding hydrogens is 328 g/mol. The van der Waals surface area contributed by atoms with E-state index >= 15 is 0 Å². The molecule has 0 spiro atoms. The number of amides is 1. The number of thioether (sulfide) groups is 1. The largest absolute Gasteiger partial charge is 0.497 e. The molecule has 1 aromatic rings. The maximum atomic E-state index is 12.3. The first-order valence-electron chi connectivity index (χ1n) is 7.28. The predicted octanol–water partition coefficient (Wildman–Crippen LogP) is 2.73. The highest BCUT2D eigenvalue weighted by Crippen LogP contribution is 2.31. The summed E-state index contributed by atoms with van der Waals surface area (Å²) in [6.45, 7) is 1.97. The molecule has 0 saturated carbocycles. The van der Waals surface area contributed by atoms with E-state index in [1.165, 1.54) is 16.8 Å². The molecule has 0 unspecified atom stereocenters. The second kappa shape index (κ2) is 6.48. The second-order valence-electron chi connectivity index (χ2n) is 4.98. The van der Waals surface area contributed by atoms with Crippen molar-refractivity contribution in [1.29, 1.82) is 5.41 Å². The zero-order valence-corrected chi connectivity index (χ0v) is 14.3. The second-order valence-corrected chi connectivity index (χ2v) is 6.02. The van der Waals surface area contributed by atoms with Crippen molar-refractivity contribution in [2.45, 2.75) is 13.3 Å². The Morgan fingerprint density at radius 1 is 1.33 bits per heavy atom. The van der Waals surface area contributed by atoms with E-state index in [0.717, 1.165) is 11.5 Å². The van der Waals surface area contributed by atoms with Crippen molar-refractivity contribution in [2.24, 2.45) is 10.1 Å². The summed E-state index contributed by atoms with van der Waals surface area (Å²) >= 11 is 1.32. The molecule has 2 aliphatic heterocycles. The Labute approximate surface area is 143 Å². The van der Waals surface area contributed by atoms with Crippen molar-refractivity contribution < 1.29 is 14.3 Å². The molecule has 7 nitrogen and oxygen atoms in total. The van der Waals surface area contributed by atoms with Crippen molar-refractivity contribution in [3.05, 3.63) is 29.3 Å². The third-order valence-electron chi connectivity index (χ3n) is 3.54. The molecular formula is C16H16N4O3S. The van der Waals surface area contributed by atoms with Crippen LogP contribution < -0.4 is 9.47 Å². The van der Waals surface area contributed by atoms with Gasteiger partial charge in [-0.05, 0) is 42.5 Å². The van der Waals surface area contributed by atoms with E-state index in [9.17, 15) is 4.79 Å². The molecule has 0 radical (unpaired) electrons. The summed E-state index contributed by atoms with van der Waals surface area (Å²) in [5.74, 6) is 0.749. The van der Waals surface area contributed by atoms with E-state index in [0.29, 0.717) is 22.2 Å². The first-order chi connectivity index (χ1) is 11.6. The number of nitrogens with zero attached hydrogens (tertiary/aromatic N) is 3. The number of aliphatic imine (C=N–C) groups is 1. The molecule has 124 valence electrons. The van der Waals surface area contributed by atoms with Crippen LogP contribution in [0.1, 0.15) is 18.9 Å². The number of methoxy groups -OCH3 is 2. The molecule has 0 bridgehead atoms. The lowest BCUT2D eigenvalue weighted by Crippen LogP contribution is -2.35. The van der Waals surface area contributed by atoms with E-state index in [1.54, 1.807) is 38.5 Å². The fourth-order valence-corrected chi connectivity index (χ4v) is 3.11. The van der Waals surface area contributed by atoms with Gasteiger partial charge in [0, 0.05) is 5.56 Å². The van der Waals surface area contributed by atoms with Gasteiger partial charge in [-0.2, -0.15) is 15.1 Å². The summed E-state index contributed by atoms with van der Waals surface area (Å²) in [6.07, 6.45) is 2.31. The molecule has 3 rings (SSSR count). The molecule has 2 aliphatic rings. The Kier molecular flexibility index (Phi) is 4.39. The number of carbonyl (C=O) groups excluding carboxylic acids is 1. The van der Waals surface area contributed by atoms with E-state index in [2.05, 4.69) is 10.1 Å². The van der Waals surface area contributed by atoms with Gasteiger partial charge in [0.2, 0.25) is 5.17 Å². The first-order valence-corrected chi connectivity index (χ1v) is 8.10. The maximum Gasteiger partial charge on any atom is 0.283 e. The quantitative estimate of drug-likeness (QED) is 0.849. The molecule has 24 heavy (non-hydrogen) atoms. The van der Waals surface area contributed by atoms with Gasteiger partial charge in [-0.1, -0.05) is 6.92 Å². The van der Waals surface area contributed by atoms with Crippen LogP contribution in [-0.4, -0.2) is 41.2 Å². The third kappa shape index (κ3) is 2.80. The summed E-state index contributed by atoms with van der Waals surface area (Å²) < 4.78 is 10.5. The predicted molar refractivity (Wildman–Crippen MR) is 94.8 cm³/mol. The Morgan fingerprint density at radius 2 is 2.12 bits per heavy atom. The van der Waals surface area contributed by atoms with Gasteiger partial charge in [-0.3, -0.25) is 10.2 Å². The normalized spacial score (nSPS) is 18.5. The van der Waals surface area contributed by atoms with E-state index in [4.69, 9.17) is 14.9 Å². The van der Waals surface area contributed by atoms with Gasteiger partial charge in [0.05, 0.1) is 19.8 Å². The molecule has 0 atom stereocenters. The smallest absolute Gasteiger partial charge is 0.283 e. The van der Waals surface area contributed by atoms with Crippen molar-refractivity contribution in [2.75, 3.05) is 14.2 Å². The molecule has 0 saturated heterocycles. The molecule has 8 heteroatoms. The highest BCUT2D eigenvalue weighted by Gasteiger charge is 2.35. The van der Waals surface area contributed by atoms with E-state index in [1.807, 2.05) is 6.92 Å². The van der Waals surface area contributed by atoms with Crippen molar-refractivity contribution in [3.8, 4) is 11.5 Å². The molecule has 1 amide bonds. The van der Waals surface area contributed by atoms with Crippen LogP contribution in [0.3, 0.4) is 0 Å². The van der Waals surface area contributed by atoms with Crippen LogP contribution in [0.4, 0.5) is 0 Å². The molecule has 1 N–H and O–H groups in total. The highest BCUT2D eigenvalue weighted by atomic mass is 32.2. The van der Waals surface area contributed by atoms with Gasteiger partial charge in [0.15, 0.2) is 5.84 Å². The average Bonchev–Trinajstić information content (AvgIpc) is 3.01. The Balaban J connectivity index is 2.04. The molecule has 2 heterocycles. The van der Waals surface area contributed by atoms with E-state index in [-0.39, 0.29) is 11.4 Å². The summed E-state index contributed by atoms with van der Waals surface area (Å²) in [7, 11) is 3.11. The van der Waals surface area contributed by atoms with Gasteiger partial charge in [-0.25, -0.2) is 0 Å². The number of benzene rings is 1. The molecule has 1 aromatic carbocycles. The number of hydrazone groups is 1. The summed E-state index contributed by atoms with van der Waals surface area (Å²) in [4.78, 5) is 16.4. The highest BCUT2D eigenvalue weighted by molar-refractivity contribution is 8.26. The number of carbonyl (C=O) groups is 1. The maximum absolute atomic E-state index is 12.3. The zero-order valence-electron chi connectivity index (χ0n) is 13.5. The lowest BCUT2D eigenvalue weighted by atomic mass is 10.1. The van der Waals surface area contributed by atoms with Gasteiger partial charge in [0.25, 0.3) is 5.91 Å². The third-order valence-corrected chi connectivity index (χ3v) is 4.59. The van der Waals surface area contributed by atoms with Gasteiger partial charge < -0.3 is 9.47 Å². The minimum absolute atomic E-state index is 0.00539. The average molecular weight is 344 g/mol. The number of hydrogen-bond donors (Lipinski definition) is 1. The molecule has 0 aromatic heterocycles. The van der Waals surface area contributed by atoms with Crippen LogP contribution in [0.2, 0.25) is 0 Å². The number of hydrogen-bond acceptors (Lipinski definition) is 6. The van der Waals surface area contributed by atoms with Gasteiger partial charge in [0.1, 0.15) is 16.5 Å².